The topological polar surface area (TPSA) is 70.6 Å². The highest BCUT2D eigenvalue weighted by molar-refractivity contribution is 6.30. The zero-order valence-electron chi connectivity index (χ0n) is 14.2. The van der Waals surface area contributed by atoms with Crippen LogP contribution >= 0.6 is 11.6 Å². The molecule has 0 heterocycles. The van der Waals surface area contributed by atoms with Gasteiger partial charge in [0.1, 0.15) is 0 Å². The van der Waals surface area contributed by atoms with E-state index in [0.717, 1.165) is 22.4 Å². The second-order valence-corrected chi connectivity index (χ2v) is 6.08. The normalized spacial score (nSPS) is 10.7. The number of hydrogen-bond donors (Lipinski definition) is 2. The maximum Gasteiger partial charge on any atom is 0.240 e. The van der Waals surface area contributed by atoms with E-state index in [1.165, 1.54) is 6.21 Å². The van der Waals surface area contributed by atoms with Crippen molar-refractivity contribution in [2.24, 2.45) is 5.10 Å². The molecule has 25 heavy (non-hydrogen) atoms. The molecular formula is C19H20ClN3O2. The fourth-order valence-corrected chi connectivity index (χ4v) is 2.24. The molecule has 0 unspecified atom stereocenters. The molecule has 2 aromatic rings. The Morgan fingerprint density at radius 2 is 1.72 bits per heavy atom. The summed E-state index contributed by atoms with van der Waals surface area (Å²) < 4.78 is 0. The van der Waals surface area contributed by atoms with Crippen LogP contribution in [0.15, 0.2) is 47.6 Å². The molecule has 0 spiro atoms. The lowest BCUT2D eigenvalue weighted by atomic mass is 10.1. The summed E-state index contributed by atoms with van der Waals surface area (Å²) in [4.78, 5) is 23.7. The van der Waals surface area contributed by atoms with Gasteiger partial charge in [-0.15, -0.1) is 0 Å². The molecule has 0 saturated carbocycles. The minimum atomic E-state index is -0.318. The van der Waals surface area contributed by atoms with Crippen LogP contribution in [0.3, 0.4) is 0 Å². The van der Waals surface area contributed by atoms with Gasteiger partial charge >= 0.3 is 0 Å². The average Bonchev–Trinajstić information content (AvgIpc) is 2.59. The van der Waals surface area contributed by atoms with Crippen molar-refractivity contribution in [3.63, 3.8) is 0 Å². The average molecular weight is 358 g/mol. The number of hydrazone groups is 1. The molecule has 0 bridgehead atoms. The first kappa shape index (κ1) is 18.7. The summed E-state index contributed by atoms with van der Waals surface area (Å²) in [6, 6.07) is 12.8. The van der Waals surface area contributed by atoms with Gasteiger partial charge in [0.15, 0.2) is 0 Å². The summed E-state index contributed by atoms with van der Waals surface area (Å²) in [7, 11) is 0. The third-order valence-corrected chi connectivity index (χ3v) is 3.98. The van der Waals surface area contributed by atoms with E-state index >= 15 is 0 Å². The Hall–Kier alpha value is -2.66. The van der Waals surface area contributed by atoms with Gasteiger partial charge < -0.3 is 5.32 Å². The van der Waals surface area contributed by atoms with Gasteiger partial charge in [-0.05, 0) is 48.7 Å². The molecule has 2 aromatic carbocycles. The van der Waals surface area contributed by atoms with Gasteiger partial charge in [-0.25, -0.2) is 5.43 Å². The molecule has 0 fully saturated rings. The lowest BCUT2D eigenvalue weighted by Gasteiger charge is -2.10. The third-order valence-electron chi connectivity index (χ3n) is 3.73. The Morgan fingerprint density at radius 1 is 1.04 bits per heavy atom. The summed E-state index contributed by atoms with van der Waals surface area (Å²) in [6.45, 7) is 3.93. The number of amides is 2. The second kappa shape index (κ2) is 8.99. The maximum atomic E-state index is 12.0. The van der Waals surface area contributed by atoms with E-state index in [0.29, 0.717) is 5.02 Å². The molecule has 2 rings (SSSR count). The van der Waals surface area contributed by atoms with Gasteiger partial charge in [0.05, 0.1) is 6.21 Å². The summed E-state index contributed by atoms with van der Waals surface area (Å²) in [5.74, 6) is -0.521. The van der Waals surface area contributed by atoms with E-state index in [2.05, 4.69) is 15.8 Å². The molecule has 5 nitrogen and oxygen atoms in total. The Bertz CT molecular complexity index is 786. The number of hydrogen-bond acceptors (Lipinski definition) is 3. The molecule has 0 aliphatic heterocycles. The molecule has 0 saturated heterocycles. The van der Waals surface area contributed by atoms with Gasteiger partial charge in [-0.1, -0.05) is 35.9 Å². The maximum absolute atomic E-state index is 12.0. The summed E-state index contributed by atoms with van der Waals surface area (Å²) in [6.07, 6.45) is 1.68. The van der Waals surface area contributed by atoms with Gasteiger partial charge in [0.25, 0.3) is 0 Å². The lowest BCUT2D eigenvalue weighted by molar-refractivity contribution is -0.124. The highest BCUT2D eigenvalue weighted by atomic mass is 35.5. The number of nitrogens with zero attached hydrogens (tertiary/aromatic N) is 1. The number of anilines is 1. The predicted molar refractivity (Wildman–Crippen MR) is 101 cm³/mol. The standard InChI is InChI=1S/C19H20ClN3O2/c1-13-4-3-5-17(14(13)2)22-18(24)10-11-19(25)23-21-12-15-6-8-16(20)9-7-15/h3-9,12H,10-11H2,1-2H3,(H,22,24)(H,23,25). The smallest absolute Gasteiger partial charge is 0.240 e. The number of carbonyl (C=O) groups excluding carboxylic acids is 2. The Labute approximate surface area is 152 Å². The van der Waals surface area contributed by atoms with Crippen molar-refractivity contribution in [2.75, 3.05) is 5.32 Å². The molecule has 2 amide bonds. The Morgan fingerprint density at radius 3 is 2.44 bits per heavy atom. The summed E-state index contributed by atoms with van der Waals surface area (Å²) in [5.41, 5.74) is 6.11. The molecule has 0 aliphatic carbocycles. The first-order valence-corrected chi connectivity index (χ1v) is 8.27. The van der Waals surface area contributed by atoms with E-state index in [1.54, 1.807) is 24.3 Å². The van der Waals surface area contributed by atoms with Crippen LogP contribution in [0.2, 0.25) is 5.02 Å². The van der Waals surface area contributed by atoms with Crippen molar-refractivity contribution in [1.82, 2.24) is 5.43 Å². The number of rotatable bonds is 6. The molecule has 0 aliphatic rings. The Balaban J connectivity index is 1.76. The quantitative estimate of drug-likeness (QED) is 0.609. The van der Waals surface area contributed by atoms with Gasteiger partial charge in [-0.2, -0.15) is 5.10 Å². The minimum Gasteiger partial charge on any atom is -0.326 e. The number of benzene rings is 2. The zero-order valence-corrected chi connectivity index (χ0v) is 14.9. The second-order valence-electron chi connectivity index (χ2n) is 5.64. The van der Waals surface area contributed by atoms with Crippen molar-refractivity contribution >= 4 is 35.3 Å². The van der Waals surface area contributed by atoms with Crippen LogP contribution in [0.25, 0.3) is 0 Å². The SMILES string of the molecule is Cc1cccc(NC(=O)CCC(=O)NN=Cc2ccc(Cl)cc2)c1C. The molecule has 6 heteroatoms. The first-order valence-electron chi connectivity index (χ1n) is 7.89. The fourth-order valence-electron chi connectivity index (χ4n) is 2.11. The summed E-state index contributed by atoms with van der Waals surface area (Å²) in [5, 5.41) is 7.32. The van der Waals surface area contributed by atoms with E-state index in [-0.39, 0.29) is 24.7 Å². The number of nitrogens with one attached hydrogen (secondary N) is 2. The van der Waals surface area contributed by atoms with Crippen LogP contribution in [0.4, 0.5) is 5.69 Å². The summed E-state index contributed by atoms with van der Waals surface area (Å²) >= 11 is 5.79. The van der Waals surface area contributed by atoms with Crippen LogP contribution < -0.4 is 10.7 Å². The van der Waals surface area contributed by atoms with Crippen molar-refractivity contribution in [3.8, 4) is 0 Å². The predicted octanol–water partition coefficient (Wildman–Crippen LogP) is 3.83. The monoisotopic (exact) mass is 357 g/mol. The first-order chi connectivity index (χ1) is 12.0. The van der Waals surface area contributed by atoms with E-state index in [9.17, 15) is 9.59 Å². The zero-order chi connectivity index (χ0) is 18.2. The van der Waals surface area contributed by atoms with Crippen LogP contribution in [0, 0.1) is 13.8 Å². The largest absolute Gasteiger partial charge is 0.326 e. The number of carbonyl (C=O) groups is 2. The van der Waals surface area contributed by atoms with Crippen molar-refractivity contribution in [3.05, 3.63) is 64.2 Å². The van der Waals surface area contributed by atoms with Crippen molar-refractivity contribution in [2.45, 2.75) is 26.7 Å². The molecule has 0 aromatic heterocycles. The molecular weight excluding hydrogens is 338 g/mol. The van der Waals surface area contributed by atoms with Gasteiger partial charge in [0, 0.05) is 23.6 Å². The van der Waals surface area contributed by atoms with Crippen LogP contribution in [-0.2, 0) is 9.59 Å². The van der Waals surface area contributed by atoms with Crippen LogP contribution in [0.5, 0.6) is 0 Å². The molecule has 2 N–H and O–H groups in total. The van der Waals surface area contributed by atoms with Crippen LogP contribution in [0.1, 0.15) is 29.5 Å². The fraction of sp³-hybridized carbons (Fsp3) is 0.211. The minimum absolute atomic E-state index is 0.0641. The van der Waals surface area contributed by atoms with E-state index in [1.807, 2.05) is 32.0 Å². The highest BCUT2D eigenvalue weighted by Crippen LogP contribution is 2.18. The van der Waals surface area contributed by atoms with E-state index in [4.69, 9.17) is 11.6 Å². The van der Waals surface area contributed by atoms with E-state index < -0.39 is 0 Å². The lowest BCUT2D eigenvalue weighted by Crippen LogP contribution is -2.21. The highest BCUT2D eigenvalue weighted by Gasteiger charge is 2.08. The number of aryl methyl sites for hydroxylation is 1. The molecule has 0 atom stereocenters. The van der Waals surface area contributed by atoms with Crippen molar-refractivity contribution < 1.29 is 9.59 Å². The number of halogens is 1. The van der Waals surface area contributed by atoms with Crippen molar-refractivity contribution in [1.29, 1.82) is 0 Å². The molecule has 130 valence electrons. The third kappa shape index (κ3) is 6.04. The van der Waals surface area contributed by atoms with Crippen LogP contribution in [-0.4, -0.2) is 18.0 Å². The molecule has 0 radical (unpaired) electrons. The van der Waals surface area contributed by atoms with Gasteiger partial charge in [0.2, 0.25) is 11.8 Å². The van der Waals surface area contributed by atoms with Gasteiger partial charge in [-0.3, -0.25) is 9.59 Å². The Kier molecular flexibility index (Phi) is 6.71.